The Hall–Kier alpha value is -4.06. The number of hydrogen-bond donors (Lipinski definition) is 1. The topological polar surface area (TPSA) is 57.6 Å². The quantitative estimate of drug-likeness (QED) is 0.298. The summed E-state index contributed by atoms with van der Waals surface area (Å²) in [6, 6.07) is 23.2. The third-order valence-corrected chi connectivity index (χ3v) is 5.50. The van der Waals surface area contributed by atoms with E-state index in [0.717, 1.165) is 35.3 Å². The molecule has 0 aliphatic heterocycles. The molecule has 33 heavy (non-hydrogen) atoms. The first-order chi connectivity index (χ1) is 16.1. The van der Waals surface area contributed by atoms with Crippen LogP contribution in [0.5, 0.6) is 0 Å². The van der Waals surface area contributed by atoms with Gasteiger partial charge < -0.3 is 4.90 Å². The van der Waals surface area contributed by atoms with Gasteiger partial charge in [-0.15, -0.1) is 0 Å². The Morgan fingerprint density at radius 3 is 2.39 bits per heavy atom. The van der Waals surface area contributed by atoms with Crippen LogP contribution in [0.2, 0.25) is 0 Å². The molecule has 3 aromatic carbocycles. The lowest BCUT2D eigenvalue weighted by Gasteiger charge is -2.20. The third-order valence-electron chi connectivity index (χ3n) is 5.50. The van der Waals surface area contributed by atoms with E-state index >= 15 is 0 Å². The van der Waals surface area contributed by atoms with Crippen molar-refractivity contribution in [3.63, 3.8) is 0 Å². The van der Waals surface area contributed by atoms with Crippen LogP contribution in [-0.4, -0.2) is 30.2 Å². The summed E-state index contributed by atoms with van der Waals surface area (Å²) in [6.07, 6.45) is 1.62. The van der Waals surface area contributed by atoms with Crippen LogP contribution < -0.4 is 10.3 Å². The van der Waals surface area contributed by atoms with Gasteiger partial charge >= 0.3 is 0 Å². The number of pyridine rings is 1. The van der Waals surface area contributed by atoms with Gasteiger partial charge in [0.05, 0.1) is 23.0 Å². The van der Waals surface area contributed by atoms with Crippen molar-refractivity contribution >= 4 is 28.7 Å². The van der Waals surface area contributed by atoms with Gasteiger partial charge in [-0.25, -0.2) is 14.8 Å². The molecule has 0 aliphatic rings. The van der Waals surface area contributed by atoms with E-state index < -0.39 is 0 Å². The lowest BCUT2D eigenvalue weighted by molar-refractivity contribution is 0.0956. The first kappa shape index (κ1) is 22.1. The van der Waals surface area contributed by atoms with Crippen molar-refractivity contribution in [1.82, 2.24) is 10.4 Å². The highest BCUT2D eigenvalue weighted by Gasteiger charge is 2.13. The molecule has 0 bridgehead atoms. The molecule has 0 atom stereocenters. The van der Waals surface area contributed by atoms with Gasteiger partial charge in [-0.05, 0) is 67.9 Å². The van der Waals surface area contributed by atoms with Crippen molar-refractivity contribution < 1.29 is 9.18 Å². The molecule has 1 heterocycles. The summed E-state index contributed by atoms with van der Waals surface area (Å²) in [7, 11) is 0. The number of aromatic nitrogens is 1. The van der Waals surface area contributed by atoms with E-state index in [0.29, 0.717) is 16.8 Å². The van der Waals surface area contributed by atoms with E-state index in [1.165, 1.54) is 12.1 Å². The first-order valence-electron chi connectivity index (χ1n) is 10.9. The molecule has 4 rings (SSSR count). The molecule has 0 unspecified atom stereocenters. The van der Waals surface area contributed by atoms with Gasteiger partial charge in [0, 0.05) is 29.7 Å². The highest BCUT2D eigenvalue weighted by Crippen LogP contribution is 2.25. The fourth-order valence-corrected chi connectivity index (χ4v) is 3.72. The Morgan fingerprint density at radius 2 is 1.70 bits per heavy atom. The van der Waals surface area contributed by atoms with Gasteiger partial charge in [0.1, 0.15) is 5.82 Å². The van der Waals surface area contributed by atoms with Crippen LogP contribution in [0.3, 0.4) is 0 Å². The largest absolute Gasteiger partial charge is 0.372 e. The first-order valence-corrected chi connectivity index (χ1v) is 10.9. The van der Waals surface area contributed by atoms with E-state index in [4.69, 9.17) is 0 Å². The molecule has 0 aliphatic carbocycles. The molecule has 6 heteroatoms. The lowest BCUT2D eigenvalue weighted by Crippen LogP contribution is -2.21. The molecule has 5 nitrogen and oxygen atoms in total. The molecule has 1 aromatic heterocycles. The normalized spacial score (nSPS) is 11.1. The van der Waals surface area contributed by atoms with Crippen molar-refractivity contribution in [2.75, 3.05) is 18.0 Å². The zero-order valence-corrected chi connectivity index (χ0v) is 18.6. The van der Waals surface area contributed by atoms with Crippen molar-refractivity contribution in [1.29, 1.82) is 0 Å². The number of para-hydroxylation sites is 1. The predicted octanol–water partition coefficient (Wildman–Crippen LogP) is 5.65. The highest BCUT2D eigenvalue weighted by molar-refractivity contribution is 6.07. The molecule has 0 radical (unpaired) electrons. The number of nitrogens with one attached hydrogen (secondary N) is 1. The molecular weight excluding hydrogens is 415 g/mol. The number of halogens is 1. The van der Waals surface area contributed by atoms with Gasteiger partial charge in [0.15, 0.2) is 0 Å². The smallest absolute Gasteiger partial charge is 0.272 e. The summed E-state index contributed by atoms with van der Waals surface area (Å²) in [5.74, 6) is -0.662. The number of carbonyl (C=O) groups excluding carboxylic acids is 1. The average molecular weight is 441 g/mol. The van der Waals surface area contributed by atoms with Crippen molar-refractivity contribution in [2.45, 2.75) is 13.8 Å². The minimum absolute atomic E-state index is 0.322. The third kappa shape index (κ3) is 5.06. The summed E-state index contributed by atoms with van der Waals surface area (Å²) in [5, 5.41) is 4.87. The van der Waals surface area contributed by atoms with Crippen LogP contribution in [0.1, 0.15) is 29.8 Å². The van der Waals surface area contributed by atoms with Crippen molar-refractivity contribution in [2.24, 2.45) is 5.10 Å². The second-order valence-corrected chi connectivity index (χ2v) is 7.54. The van der Waals surface area contributed by atoms with Gasteiger partial charge in [0.2, 0.25) is 0 Å². The Kier molecular flexibility index (Phi) is 6.74. The predicted molar refractivity (Wildman–Crippen MR) is 132 cm³/mol. The van der Waals surface area contributed by atoms with Gasteiger partial charge in [0.25, 0.3) is 5.91 Å². The van der Waals surface area contributed by atoms with Crippen LogP contribution in [0.25, 0.3) is 22.2 Å². The molecule has 0 saturated carbocycles. The maximum atomic E-state index is 13.3. The minimum Gasteiger partial charge on any atom is -0.372 e. The van der Waals surface area contributed by atoms with Crippen molar-refractivity contribution in [3.05, 3.63) is 95.8 Å². The molecular formula is C27H25FN4O. The monoisotopic (exact) mass is 440 g/mol. The number of benzene rings is 3. The van der Waals surface area contributed by atoms with Gasteiger partial charge in [-0.1, -0.05) is 30.3 Å². The van der Waals surface area contributed by atoms with E-state index in [2.05, 4.69) is 34.3 Å². The zero-order valence-electron chi connectivity index (χ0n) is 18.6. The van der Waals surface area contributed by atoms with Crippen LogP contribution in [0, 0.1) is 5.82 Å². The van der Waals surface area contributed by atoms with E-state index in [-0.39, 0.29) is 11.7 Å². The molecule has 0 fully saturated rings. The number of carbonyl (C=O) groups is 1. The number of nitrogens with zero attached hydrogens (tertiary/aromatic N) is 3. The Morgan fingerprint density at radius 1 is 1.00 bits per heavy atom. The molecule has 166 valence electrons. The summed E-state index contributed by atoms with van der Waals surface area (Å²) in [5.41, 5.74) is 7.11. The second kappa shape index (κ2) is 10.0. The number of hydrazone groups is 1. The van der Waals surface area contributed by atoms with Crippen molar-refractivity contribution in [3.8, 4) is 11.3 Å². The Balaban J connectivity index is 1.57. The van der Waals surface area contributed by atoms with Crippen LogP contribution in [-0.2, 0) is 0 Å². The summed E-state index contributed by atoms with van der Waals surface area (Å²) in [6.45, 7) is 6.14. The molecule has 1 N–H and O–H groups in total. The standard InChI is InChI=1S/C27H25FN4O/c1-3-32(4-2)22-15-9-19(10-16-22)18-29-31-27(33)24-17-26(20-11-13-21(28)14-12-20)30-25-8-6-5-7-23(24)25/h5-18H,3-4H2,1-2H3,(H,31,33). The summed E-state index contributed by atoms with van der Waals surface area (Å²) < 4.78 is 13.3. The molecule has 4 aromatic rings. The summed E-state index contributed by atoms with van der Waals surface area (Å²) >= 11 is 0. The van der Waals surface area contributed by atoms with E-state index in [9.17, 15) is 9.18 Å². The minimum atomic E-state index is -0.340. The second-order valence-electron chi connectivity index (χ2n) is 7.54. The summed E-state index contributed by atoms with van der Waals surface area (Å²) in [4.78, 5) is 19.9. The van der Waals surface area contributed by atoms with Crippen LogP contribution >= 0.6 is 0 Å². The van der Waals surface area contributed by atoms with E-state index in [1.807, 2.05) is 48.5 Å². The fourth-order valence-electron chi connectivity index (χ4n) is 3.72. The van der Waals surface area contributed by atoms with Gasteiger partial charge in [-0.2, -0.15) is 5.10 Å². The Bertz CT molecular complexity index is 1280. The molecule has 0 saturated heterocycles. The highest BCUT2D eigenvalue weighted by atomic mass is 19.1. The molecule has 0 spiro atoms. The maximum absolute atomic E-state index is 13.3. The number of amides is 1. The fraction of sp³-hybridized carbons (Fsp3) is 0.148. The SMILES string of the molecule is CCN(CC)c1ccc(C=NNC(=O)c2cc(-c3ccc(F)cc3)nc3ccccc23)cc1. The number of fused-ring (bicyclic) bond motifs is 1. The zero-order chi connectivity index (χ0) is 23.2. The molecule has 1 amide bonds. The number of anilines is 1. The number of rotatable bonds is 7. The van der Waals surface area contributed by atoms with Crippen LogP contribution in [0.15, 0.2) is 84.0 Å². The van der Waals surface area contributed by atoms with Crippen LogP contribution in [0.4, 0.5) is 10.1 Å². The number of hydrogen-bond acceptors (Lipinski definition) is 4. The lowest BCUT2D eigenvalue weighted by atomic mass is 10.0. The van der Waals surface area contributed by atoms with Gasteiger partial charge in [-0.3, -0.25) is 4.79 Å². The average Bonchev–Trinajstić information content (AvgIpc) is 2.85. The maximum Gasteiger partial charge on any atom is 0.272 e. The Labute approximate surface area is 192 Å². The van der Waals surface area contributed by atoms with E-state index in [1.54, 1.807) is 24.4 Å².